The molecule has 126 valence electrons. The third kappa shape index (κ3) is 4.52. The van der Waals surface area contributed by atoms with Crippen molar-refractivity contribution in [3.05, 3.63) is 65.7 Å². The zero-order chi connectivity index (χ0) is 16.8. The van der Waals surface area contributed by atoms with Gasteiger partial charge in [-0.25, -0.2) is 9.18 Å². The zero-order valence-electron chi connectivity index (χ0n) is 13.2. The van der Waals surface area contributed by atoms with Crippen LogP contribution in [-0.2, 0) is 17.7 Å². The standard InChI is InChI=1S/C18H20FN3O2/c19-16-3-1-2-14(9-16)10-21-18(23)22-17-12-24-11-15(17)8-13-4-6-20-7-5-13/h1-7,9,15,17H,8,10-12H2,(H2,21,22,23)/t15-,17+/m1/s1. The monoisotopic (exact) mass is 329 g/mol. The van der Waals surface area contributed by atoms with Crippen LogP contribution in [0.15, 0.2) is 48.8 Å². The van der Waals surface area contributed by atoms with Crippen molar-refractivity contribution >= 4 is 6.03 Å². The lowest BCUT2D eigenvalue weighted by atomic mass is 9.95. The summed E-state index contributed by atoms with van der Waals surface area (Å²) in [6.45, 7) is 1.41. The third-order valence-electron chi connectivity index (χ3n) is 4.10. The van der Waals surface area contributed by atoms with E-state index in [0.29, 0.717) is 13.2 Å². The molecule has 1 aliphatic heterocycles. The molecule has 3 rings (SSSR count). The van der Waals surface area contributed by atoms with Gasteiger partial charge in [-0.2, -0.15) is 0 Å². The highest BCUT2D eigenvalue weighted by molar-refractivity contribution is 5.74. The Morgan fingerprint density at radius 2 is 2.04 bits per heavy atom. The quantitative estimate of drug-likeness (QED) is 0.884. The molecule has 2 N–H and O–H groups in total. The summed E-state index contributed by atoms with van der Waals surface area (Å²) in [5.74, 6) is -0.0800. The maximum atomic E-state index is 13.1. The first kappa shape index (κ1) is 16.4. The van der Waals surface area contributed by atoms with Gasteiger partial charge in [-0.15, -0.1) is 0 Å². The molecule has 1 saturated heterocycles. The van der Waals surface area contributed by atoms with Crippen LogP contribution in [0.2, 0.25) is 0 Å². The van der Waals surface area contributed by atoms with Crippen molar-refractivity contribution in [3.63, 3.8) is 0 Å². The van der Waals surface area contributed by atoms with Crippen LogP contribution < -0.4 is 10.6 Å². The van der Waals surface area contributed by atoms with Gasteiger partial charge in [0.05, 0.1) is 19.3 Å². The van der Waals surface area contributed by atoms with E-state index in [9.17, 15) is 9.18 Å². The summed E-state index contributed by atoms with van der Waals surface area (Å²) >= 11 is 0. The number of carbonyl (C=O) groups is 1. The Labute approximate surface area is 140 Å². The first-order chi connectivity index (χ1) is 11.7. The molecule has 0 radical (unpaired) electrons. The van der Waals surface area contributed by atoms with E-state index in [4.69, 9.17) is 4.74 Å². The molecule has 1 aliphatic rings. The molecule has 2 aromatic rings. The van der Waals surface area contributed by atoms with E-state index in [1.54, 1.807) is 24.5 Å². The summed E-state index contributed by atoms with van der Waals surface area (Å²) in [6.07, 6.45) is 4.36. The molecule has 5 nitrogen and oxygen atoms in total. The number of nitrogens with zero attached hydrogens (tertiary/aromatic N) is 1. The molecule has 1 aromatic carbocycles. The predicted octanol–water partition coefficient (Wildman–Crippen LogP) is 2.28. The van der Waals surface area contributed by atoms with Gasteiger partial charge in [-0.1, -0.05) is 12.1 Å². The number of pyridine rings is 1. The number of benzene rings is 1. The lowest BCUT2D eigenvalue weighted by molar-refractivity contribution is 0.182. The zero-order valence-corrected chi connectivity index (χ0v) is 13.2. The van der Waals surface area contributed by atoms with E-state index in [2.05, 4.69) is 15.6 Å². The number of aromatic nitrogens is 1. The van der Waals surface area contributed by atoms with Gasteiger partial charge in [0.2, 0.25) is 0 Å². The van der Waals surface area contributed by atoms with Crippen molar-refractivity contribution < 1.29 is 13.9 Å². The number of halogens is 1. The molecular weight excluding hydrogens is 309 g/mol. The fourth-order valence-electron chi connectivity index (χ4n) is 2.83. The summed E-state index contributed by atoms with van der Waals surface area (Å²) in [5, 5.41) is 5.70. The van der Waals surface area contributed by atoms with E-state index < -0.39 is 0 Å². The van der Waals surface area contributed by atoms with E-state index in [0.717, 1.165) is 12.0 Å². The predicted molar refractivity (Wildman–Crippen MR) is 87.8 cm³/mol. The average Bonchev–Trinajstić information content (AvgIpc) is 3.01. The number of hydrogen-bond donors (Lipinski definition) is 2. The number of nitrogens with one attached hydrogen (secondary N) is 2. The smallest absolute Gasteiger partial charge is 0.315 e. The normalized spacial score (nSPS) is 19.9. The van der Waals surface area contributed by atoms with Crippen LogP contribution in [-0.4, -0.2) is 30.3 Å². The van der Waals surface area contributed by atoms with E-state index in [1.807, 2.05) is 12.1 Å². The average molecular weight is 329 g/mol. The second-order valence-corrected chi connectivity index (χ2v) is 5.92. The maximum absolute atomic E-state index is 13.1. The van der Waals surface area contributed by atoms with Gasteiger partial charge in [0.15, 0.2) is 0 Å². The van der Waals surface area contributed by atoms with Crippen LogP contribution >= 0.6 is 0 Å². The van der Waals surface area contributed by atoms with E-state index >= 15 is 0 Å². The highest BCUT2D eigenvalue weighted by Crippen LogP contribution is 2.18. The lowest BCUT2D eigenvalue weighted by Crippen LogP contribution is -2.45. The number of carbonyl (C=O) groups excluding carboxylic acids is 1. The SMILES string of the molecule is O=C(NCc1cccc(F)c1)N[C@H]1COC[C@H]1Cc1ccncc1. The second kappa shape index (κ2) is 7.88. The molecule has 1 fully saturated rings. The van der Waals surface area contributed by atoms with Crippen LogP contribution in [0.4, 0.5) is 9.18 Å². The van der Waals surface area contributed by atoms with Gasteiger partial charge >= 0.3 is 6.03 Å². The molecule has 2 amide bonds. The maximum Gasteiger partial charge on any atom is 0.315 e. The van der Waals surface area contributed by atoms with Gasteiger partial charge in [0.1, 0.15) is 5.82 Å². The van der Waals surface area contributed by atoms with Gasteiger partial charge in [-0.3, -0.25) is 4.98 Å². The Kier molecular flexibility index (Phi) is 5.38. The van der Waals surface area contributed by atoms with Crippen molar-refractivity contribution in [2.45, 2.75) is 19.0 Å². The molecule has 0 saturated carbocycles. The van der Waals surface area contributed by atoms with Crippen LogP contribution in [0, 0.1) is 11.7 Å². The minimum absolute atomic E-state index is 0.0364. The van der Waals surface area contributed by atoms with Crippen LogP contribution in [0.3, 0.4) is 0 Å². The van der Waals surface area contributed by atoms with Crippen molar-refractivity contribution in [2.24, 2.45) is 5.92 Å². The largest absolute Gasteiger partial charge is 0.379 e. The Morgan fingerprint density at radius 3 is 2.83 bits per heavy atom. The Morgan fingerprint density at radius 1 is 1.21 bits per heavy atom. The molecule has 6 heteroatoms. The third-order valence-corrected chi connectivity index (χ3v) is 4.10. The fraction of sp³-hybridized carbons (Fsp3) is 0.333. The van der Waals surface area contributed by atoms with E-state index in [1.165, 1.54) is 17.7 Å². The van der Waals surface area contributed by atoms with Crippen molar-refractivity contribution in [1.82, 2.24) is 15.6 Å². The van der Waals surface area contributed by atoms with Gasteiger partial charge < -0.3 is 15.4 Å². The van der Waals surface area contributed by atoms with Gasteiger partial charge in [-0.05, 0) is 41.8 Å². The van der Waals surface area contributed by atoms with Crippen molar-refractivity contribution in [3.8, 4) is 0 Å². The molecule has 2 heterocycles. The van der Waals surface area contributed by atoms with Crippen molar-refractivity contribution in [1.29, 1.82) is 0 Å². The van der Waals surface area contributed by atoms with Crippen LogP contribution in [0.5, 0.6) is 0 Å². The first-order valence-electron chi connectivity index (χ1n) is 7.96. The van der Waals surface area contributed by atoms with Crippen molar-refractivity contribution in [2.75, 3.05) is 13.2 Å². The Hall–Kier alpha value is -2.47. The first-order valence-corrected chi connectivity index (χ1v) is 7.96. The van der Waals surface area contributed by atoms with Gasteiger partial charge in [0.25, 0.3) is 0 Å². The topological polar surface area (TPSA) is 63.2 Å². The number of rotatable bonds is 5. The summed E-state index contributed by atoms with van der Waals surface area (Å²) < 4.78 is 18.6. The molecule has 0 bridgehead atoms. The van der Waals surface area contributed by atoms with Crippen LogP contribution in [0.25, 0.3) is 0 Å². The molecule has 0 unspecified atom stereocenters. The number of ether oxygens (including phenoxy) is 1. The summed E-state index contributed by atoms with van der Waals surface area (Å²) in [6, 6.07) is 9.82. The molecule has 24 heavy (non-hydrogen) atoms. The highest BCUT2D eigenvalue weighted by Gasteiger charge is 2.29. The van der Waals surface area contributed by atoms with Gasteiger partial charge in [0, 0.05) is 24.9 Å². The summed E-state index contributed by atoms with van der Waals surface area (Å²) in [5.41, 5.74) is 1.90. The second-order valence-electron chi connectivity index (χ2n) is 5.92. The Bertz CT molecular complexity index is 681. The molecule has 2 atom stereocenters. The minimum atomic E-state index is -0.309. The summed E-state index contributed by atoms with van der Waals surface area (Å²) in [7, 11) is 0. The number of urea groups is 1. The van der Waals surface area contributed by atoms with Crippen LogP contribution in [0.1, 0.15) is 11.1 Å². The molecular formula is C18H20FN3O2. The molecule has 1 aromatic heterocycles. The number of amides is 2. The lowest BCUT2D eigenvalue weighted by Gasteiger charge is -2.19. The molecule has 0 spiro atoms. The summed E-state index contributed by atoms with van der Waals surface area (Å²) in [4.78, 5) is 16.1. The fourth-order valence-corrected chi connectivity index (χ4v) is 2.83. The Balaban J connectivity index is 1.49. The highest BCUT2D eigenvalue weighted by atomic mass is 19.1. The van der Waals surface area contributed by atoms with E-state index in [-0.39, 0.29) is 30.4 Å². The number of hydrogen-bond acceptors (Lipinski definition) is 3. The minimum Gasteiger partial charge on any atom is -0.379 e. The molecule has 0 aliphatic carbocycles.